The van der Waals surface area contributed by atoms with Gasteiger partial charge in [-0.3, -0.25) is 9.36 Å². The Hall–Kier alpha value is -1.71. The number of aromatic nitrogens is 4. The summed E-state index contributed by atoms with van der Waals surface area (Å²) in [5.74, 6) is 0. The first-order chi connectivity index (χ1) is 10.5. The minimum Gasteiger partial charge on any atom is -0.371 e. The molecule has 9 heteroatoms. The predicted molar refractivity (Wildman–Crippen MR) is 78.6 cm³/mol. The van der Waals surface area contributed by atoms with E-state index in [1.807, 2.05) is 13.1 Å². The molecule has 0 aromatic carbocycles. The Kier molecular flexibility index (Phi) is 4.02. The fourth-order valence-corrected chi connectivity index (χ4v) is 3.86. The number of rotatable bonds is 4. The predicted octanol–water partition coefficient (Wildman–Crippen LogP) is 0.399. The molecule has 120 valence electrons. The molecule has 0 amide bonds. The van der Waals surface area contributed by atoms with E-state index >= 15 is 0 Å². The van der Waals surface area contributed by atoms with Gasteiger partial charge >= 0.3 is 0 Å². The standard InChI is InChI=1S/C13H19N5O3S/c1-3-17-8-11(6-15-17)13-10-18(4-5-21-13)22(19,20)12-7-14-16(2)9-12/h6-9,13H,3-5,10H2,1-2H3/t13-/m0/s1. The van der Waals surface area contributed by atoms with Gasteiger partial charge in [0.25, 0.3) is 0 Å². The van der Waals surface area contributed by atoms with Crippen LogP contribution in [0.2, 0.25) is 0 Å². The molecule has 1 saturated heterocycles. The molecular formula is C13H19N5O3S. The number of sulfonamides is 1. The van der Waals surface area contributed by atoms with Crippen LogP contribution in [0.5, 0.6) is 0 Å². The molecule has 3 heterocycles. The van der Waals surface area contributed by atoms with Gasteiger partial charge in [-0.15, -0.1) is 0 Å². The minimum absolute atomic E-state index is 0.208. The van der Waals surface area contributed by atoms with Crippen LogP contribution in [0.3, 0.4) is 0 Å². The molecule has 1 fully saturated rings. The van der Waals surface area contributed by atoms with E-state index < -0.39 is 10.0 Å². The summed E-state index contributed by atoms with van der Waals surface area (Å²) in [5, 5.41) is 8.15. The molecule has 1 aliphatic heterocycles. The van der Waals surface area contributed by atoms with E-state index in [0.29, 0.717) is 13.2 Å². The summed E-state index contributed by atoms with van der Waals surface area (Å²) in [7, 11) is -1.84. The van der Waals surface area contributed by atoms with E-state index in [9.17, 15) is 8.42 Å². The van der Waals surface area contributed by atoms with Crippen LogP contribution < -0.4 is 0 Å². The van der Waals surface area contributed by atoms with Crippen molar-refractivity contribution in [1.82, 2.24) is 23.9 Å². The van der Waals surface area contributed by atoms with E-state index in [4.69, 9.17) is 4.74 Å². The molecule has 2 aromatic rings. The molecule has 0 saturated carbocycles. The second-order valence-electron chi connectivity index (χ2n) is 5.20. The molecule has 0 bridgehead atoms. The molecule has 0 aliphatic carbocycles. The summed E-state index contributed by atoms with van der Waals surface area (Å²) < 4.78 is 35.7. The van der Waals surface area contributed by atoms with Gasteiger partial charge in [-0.1, -0.05) is 0 Å². The summed E-state index contributed by atoms with van der Waals surface area (Å²) in [5.41, 5.74) is 0.896. The Morgan fingerprint density at radius 1 is 1.32 bits per heavy atom. The topological polar surface area (TPSA) is 82.2 Å². The summed E-state index contributed by atoms with van der Waals surface area (Å²) >= 11 is 0. The summed E-state index contributed by atoms with van der Waals surface area (Å²) in [6, 6.07) is 0. The van der Waals surface area contributed by atoms with Crippen LogP contribution in [0.15, 0.2) is 29.7 Å². The first kappa shape index (κ1) is 15.2. The fourth-order valence-electron chi connectivity index (χ4n) is 2.45. The van der Waals surface area contributed by atoms with Gasteiger partial charge in [0.2, 0.25) is 10.0 Å². The molecule has 3 rings (SSSR count). The van der Waals surface area contributed by atoms with Gasteiger partial charge in [0, 0.05) is 44.6 Å². The molecule has 0 spiro atoms. The maximum absolute atomic E-state index is 12.6. The van der Waals surface area contributed by atoms with Crippen molar-refractivity contribution in [2.24, 2.45) is 7.05 Å². The van der Waals surface area contributed by atoms with Gasteiger partial charge in [0.15, 0.2) is 0 Å². The first-order valence-electron chi connectivity index (χ1n) is 7.13. The number of hydrogen-bond donors (Lipinski definition) is 0. The van der Waals surface area contributed by atoms with Crippen molar-refractivity contribution >= 4 is 10.0 Å². The molecule has 8 nitrogen and oxygen atoms in total. The van der Waals surface area contributed by atoms with E-state index in [2.05, 4.69) is 10.2 Å². The molecule has 0 radical (unpaired) electrons. The van der Waals surface area contributed by atoms with Gasteiger partial charge in [0.1, 0.15) is 4.90 Å². The first-order valence-corrected chi connectivity index (χ1v) is 8.57. The molecule has 1 aliphatic rings. The number of ether oxygens (including phenoxy) is 1. The third-order valence-corrected chi connectivity index (χ3v) is 5.52. The average Bonchev–Trinajstić information content (AvgIpc) is 3.16. The van der Waals surface area contributed by atoms with Crippen LogP contribution >= 0.6 is 0 Å². The highest BCUT2D eigenvalue weighted by Crippen LogP contribution is 2.26. The van der Waals surface area contributed by atoms with Crippen molar-refractivity contribution < 1.29 is 13.2 Å². The number of aryl methyl sites for hydroxylation is 2. The summed E-state index contributed by atoms with van der Waals surface area (Å²) in [4.78, 5) is 0.208. The van der Waals surface area contributed by atoms with E-state index in [-0.39, 0.29) is 17.5 Å². The van der Waals surface area contributed by atoms with Gasteiger partial charge in [-0.25, -0.2) is 8.42 Å². The monoisotopic (exact) mass is 325 g/mol. The maximum atomic E-state index is 12.6. The van der Waals surface area contributed by atoms with Crippen LogP contribution in [0.25, 0.3) is 0 Å². The zero-order chi connectivity index (χ0) is 15.7. The van der Waals surface area contributed by atoms with Crippen molar-refractivity contribution in [3.05, 3.63) is 30.4 Å². The van der Waals surface area contributed by atoms with Gasteiger partial charge < -0.3 is 4.74 Å². The Balaban J connectivity index is 1.80. The van der Waals surface area contributed by atoms with Gasteiger partial charge in [0.05, 0.1) is 25.1 Å². The lowest BCUT2D eigenvalue weighted by Crippen LogP contribution is -2.42. The SMILES string of the molecule is CCn1cc([C@@H]2CN(S(=O)(=O)c3cnn(C)c3)CCO2)cn1. The van der Waals surface area contributed by atoms with Crippen LogP contribution in [0.4, 0.5) is 0 Å². The Morgan fingerprint density at radius 2 is 2.14 bits per heavy atom. The van der Waals surface area contributed by atoms with E-state index in [1.165, 1.54) is 21.4 Å². The largest absolute Gasteiger partial charge is 0.371 e. The van der Waals surface area contributed by atoms with Crippen LogP contribution in [0.1, 0.15) is 18.6 Å². The lowest BCUT2D eigenvalue weighted by Gasteiger charge is -2.31. The number of morpholine rings is 1. The molecule has 1 atom stereocenters. The maximum Gasteiger partial charge on any atom is 0.246 e. The van der Waals surface area contributed by atoms with Crippen molar-refractivity contribution in [3.8, 4) is 0 Å². The Labute approximate surface area is 129 Å². The van der Waals surface area contributed by atoms with Crippen LogP contribution in [-0.2, 0) is 28.4 Å². The van der Waals surface area contributed by atoms with Crippen molar-refractivity contribution in [3.63, 3.8) is 0 Å². The highest BCUT2D eigenvalue weighted by molar-refractivity contribution is 7.89. The second-order valence-corrected chi connectivity index (χ2v) is 7.14. The highest BCUT2D eigenvalue weighted by Gasteiger charge is 2.32. The van der Waals surface area contributed by atoms with E-state index in [1.54, 1.807) is 17.9 Å². The normalized spacial score (nSPS) is 20.4. The second kappa shape index (κ2) is 5.82. The molecular weight excluding hydrogens is 306 g/mol. The smallest absolute Gasteiger partial charge is 0.246 e. The molecule has 0 unspecified atom stereocenters. The van der Waals surface area contributed by atoms with Gasteiger partial charge in [-0.2, -0.15) is 14.5 Å². The van der Waals surface area contributed by atoms with Crippen molar-refractivity contribution in [2.45, 2.75) is 24.5 Å². The third-order valence-electron chi connectivity index (χ3n) is 3.70. The van der Waals surface area contributed by atoms with Gasteiger partial charge in [-0.05, 0) is 6.92 Å². The minimum atomic E-state index is -3.54. The number of hydrogen-bond acceptors (Lipinski definition) is 5. The van der Waals surface area contributed by atoms with Crippen molar-refractivity contribution in [1.29, 1.82) is 0 Å². The van der Waals surface area contributed by atoms with Crippen molar-refractivity contribution in [2.75, 3.05) is 19.7 Å². The van der Waals surface area contributed by atoms with E-state index in [0.717, 1.165) is 12.1 Å². The summed E-state index contributed by atoms with van der Waals surface area (Å²) in [6.45, 7) is 3.76. The lowest BCUT2D eigenvalue weighted by molar-refractivity contribution is -0.00260. The summed E-state index contributed by atoms with van der Waals surface area (Å²) in [6.07, 6.45) is 6.21. The van der Waals surface area contributed by atoms with Crippen LogP contribution in [-0.4, -0.2) is 52.0 Å². The molecule has 0 N–H and O–H groups in total. The average molecular weight is 325 g/mol. The Bertz CT molecular complexity index is 751. The fraction of sp³-hybridized carbons (Fsp3) is 0.538. The zero-order valence-electron chi connectivity index (χ0n) is 12.6. The zero-order valence-corrected chi connectivity index (χ0v) is 13.4. The third kappa shape index (κ3) is 2.79. The quantitative estimate of drug-likeness (QED) is 0.812. The Morgan fingerprint density at radius 3 is 2.77 bits per heavy atom. The molecule has 2 aromatic heterocycles. The molecule has 22 heavy (non-hydrogen) atoms. The number of nitrogens with zero attached hydrogens (tertiary/aromatic N) is 5. The lowest BCUT2D eigenvalue weighted by atomic mass is 10.2. The van der Waals surface area contributed by atoms with Crippen LogP contribution in [0, 0.1) is 0 Å². The highest BCUT2D eigenvalue weighted by atomic mass is 32.2.